The molecule has 0 bridgehead atoms. The van der Waals surface area contributed by atoms with Crippen LogP contribution in [0.2, 0.25) is 0 Å². The number of amides is 1. The largest absolute Gasteiger partial charge is 0.389 e. The van der Waals surface area contributed by atoms with Crippen LogP contribution in [0.1, 0.15) is 18.4 Å². The van der Waals surface area contributed by atoms with Gasteiger partial charge in [-0.25, -0.2) is 8.78 Å². The highest BCUT2D eigenvalue weighted by molar-refractivity contribution is 5.84. The number of rotatable bonds is 2. The molecule has 1 amide bonds. The fourth-order valence-corrected chi connectivity index (χ4v) is 1.96. The number of aliphatic hydroxyl groups is 1. The van der Waals surface area contributed by atoms with Gasteiger partial charge in [-0.2, -0.15) is 0 Å². The van der Waals surface area contributed by atoms with Crippen LogP contribution in [0.15, 0.2) is 18.2 Å². The molecule has 0 radical (unpaired) electrons. The Morgan fingerprint density at radius 2 is 1.94 bits per heavy atom. The summed E-state index contributed by atoms with van der Waals surface area (Å²) in [6.45, 7) is 1.94. The fourth-order valence-electron chi connectivity index (χ4n) is 1.96. The zero-order valence-corrected chi connectivity index (χ0v) is 9.36. The van der Waals surface area contributed by atoms with Gasteiger partial charge in [0.1, 0.15) is 11.6 Å². The van der Waals surface area contributed by atoms with Crippen LogP contribution in [0.5, 0.6) is 0 Å². The van der Waals surface area contributed by atoms with Crippen molar-refractivity contribution >= 4 is 5.91 Å². The van der Waals surface area contributed by atoms with Crippen LogP contribution >= 0.6 is 0 Å². The van der Waals surface area contributed by atoms with Gasteiger partial charge in [0.2, 0.25) is 5.91 Å². The van der Waals surface area contributed by atoms with Gasteiger partial charge in [-0.1, -0.05) is 6.07 Å². The van der Waals surface area contributed by atoms with Crippen LogP contribution in [0.25, 0.3) is 0 Å². The molecule has 1 aromatic rings. The average molecular weight is 241 g/mol. The lowest BCUT2D eigenvalue weighted by molar-refractivity contribution is -0.142. The molecule has 0 saturated carbocycles. The number of likely N-dealkylation sites (tertiary alicyclic amines) is 1. The van der Waals surface area contributed by atoms with Gasteiger partial charge in [-0.15, -0.1) is 0 Å². The number of hydrogen-bond donors (Lipinski definition) is 1. The van der Waals surface area contributed by atoms with Crippen molar-refractivity contribution in [3.63, 3.8) is 0 Å². The number of benzene rings is 1. The van der Waals surface area contributed by atoms with Crippen molar-refractivity contribution in [2.45, 2.75) is 18.9 Å². The summed E-state index contributed by atoms with van der Waals surface area (Å²) in [7, 11) is 0. The standard InChI is InChI=1S/C12H13F2NO2/c1-7(12(17)15-5-8(16)6-15)11-9(13)3-2-4-10(11)14/h2-4,7-8,16H,5-6H2,1H3. The van der Waals surface area contributed by atoms with E-state index in [4.69, 9.17) is 5.11 Å². The van der Waals surface area contributed by atoms with Gasteiger partial charge in [0.25, 0.3) is 0 Å². The lowest BCUT2D eigenvalue weighted by Crippen LogP contribution is -2.54. The second-order valence-corrected chi connectivity index (χ2v) is 4.25. The first kappa shape index (κ1) is 12.0. The first-order chi connectivity index (χ1) is 8.00. The van der Waals surface area contributed by atoms with E-state index >= 15 is 0 Å². The third-order valence-corrected chi connectivity index (χ3v) is 2.98. The van der Waals surface area contributed by atoms with Crippen molar-refractivity contribution in [2.24, 2.45) is 0 Å². The Morgan fingerprint density at radius 1 is 1.41 bits per heavy atom. The first-order valence-electron chi connectivity index (χ1n) is 5.41. The van der Waals surface area contributed by atoms with E-state index in [1.807, 2.05) is 0 Å². The Morgan fingerprint density at radius 3 is 2.41 bits per heavy atom. The predicted octanol–water partition coefficient (Wildman–Crippen LogP) is 1.27. The number of carbonyl (C=O) groups is 1. The molecule has 92 valence electrons. The minimum absolute atomic E-state index is 0.209. The number of nitrogens with zero attached hydrogens (tertiary/aromatic N) is 1. The summed E-state index contributed by atoms with van der Waals surface area (Å²) in [6.07, 6.45) is -0.517. The number of carbonyl (C=O) groups excluding carboxylic acids is 1. The third-order valence-electron chi connectivity index (χ3n) is 2.98. The van der Waals surface area contributed by atoms with Crippen molar-refractivity contribution < 1.29 is 18.7 Å². The predicted molar refractivity (Wildman–Crippen MR) is 57.4 cm³/mol. The van der Waals surface area contributed by atoms with Crippen molar-refractivity contribution in [1.82, 2.24) is 4.90 Å². The maximum absolute atomic E-state index is 13.5. The molecule has 1 heterocycles. The SMILES string of the molecule is CC(C(=O)N1CC(O)C1)c1c(F)cccc1F. The smallest absolute Gasteiger partial charge is 0.230 e. The van der Waals surface area contributed by atoms with Gasteiger partial charge in [0.05, 0.1) is 12.0 Å². The van der Waals surface area contributed by atoms with Crippen molar-refractivity contribution in [3.8, 4) is 0 Å². The van der Waals surface area contributed by atoms with Crippen LogP contribution in [0, 0.1) is 11.6 Å². The topological polar surface area (TPSA) is 40.5 Å². The molecule has 1 aliphatic rings. The maximum atomic E-state index is 13.5. The number of β-amino-alcohol motifs (C(OH)–C–C–N with tert-alkyl or cyclic N) is 1. The normalized spacial score (nSPS) is 17.8. The molecule has 0 aromatic heterocycles. The minimum atomic E-state index is -0.872. The molecule has 1 saturated heterocycles. The van der Waals surface area contributed by atoms with Gasteiger partial charge in [0, 0.05) is 18.7 Å². The Kier molecular flexibility index (Phi) is 3.11. The van der Waals surface area contributed by atoms with Gasteiger partial charge in [0.15, 0.2) is 0 Å². The van der Waals surface area contributed by atoms with Crippen LogP contribution < -0.4 is 0 Å². The molecule has 1 atom stereocenters. The Labute approximate surface area is 97.7 Å². The van der Waals surface area contributed by atoms with Crippen LogP contribution in [0.4, 0.5) is 8.78 Å². The molecular weight excluding hydrogens is 228 g/mol. The zero-order chi connectivity index (χ0) is 12.6. The Bertz CT molecular complexity index is 424. The summed E-state index contributed by atoms with van der Waals surface area (Å²) in [4.78, 5) is 13.2. The minimum Gasteiger partial charge on any atom is -0.389 e. The molecule has 3 nitrogen and oxygen atoms in total. The highest BCUT2D eigenvalue weighted by Crippen LogP contribution is 2.25. The molecule has 0 spiro atoms. The van der Waals surface area contributed by atoms with E-state index in [0.29, 0.717) is 0 Å². The fraction of sp³-hybridized carbons (Fsp3) is 0.417. The van der Waals surface area contributed by atoms with Gasteiger partial charge >= 0.3 is 0 Å². The van der Waals surface area contributed by atoms with Crippen LogP contribution in [0.3, 0.4) is 0 Å². The molecule has 1 aromatic carbocycles. The molecule has 0 aliphatic carbocycles. The van der Waals surface area contributed by atoms with Gasteiger partial charge in [-0.05, 0) is 19.1 Å². The van der Waals surface area contributed by atoms with E-state index in [-0.39, 0.29) is 24.6 Å². The second kappa shape index (κ2) is 4.41. The van der Waals surface area contributed by atoms with Crippen LogP contribution in [-0.4, -0.2) is 35.1 Å². The van der Waals surface area contributed by atoms with E-state index in [1.165, 1.54) is 17.9 Å². The molecule has 2 rings (SSSR count). The molecule has 17 heavy (non-hydrogen) atoms. The molecular formula is C12H13F2NO2. The molecule has 1 unspecified atom stereocenters. The Balaban J connectivity index is 2.19. The van der Waals surface area contributed by atoms with E-state index in [1.54, 1.807) is 0 Å². The molecule has 1 aliphatic heterocycles. The summed E-state index contributed by atoms with van der Waals surface area (Å²) >= 11 is 0. The third kappa shape index (κ3) is 2.15. The van der Waals surface area contributed by atoms with E-state index in [9.17, 15) is 13.6 Å². The van der Waals surface area contributed by atoms with Crippen LogP contribution in [-0.2, 0) is 4.79 Å². The zero-order valence-electron chi connectivity index (χ0n) is 9.36. The number of aliphatic hydroxyl groups excluding tert-OH is 1. The maximum Gasteiger partial charge on any atom is 0.230 e. The van der Waals surface area contributed by atoms with Crippen molar-refractivity contribution in [3.05, 3.63) is 35.4 Å². The van der Waals surface area contributed by atoms with E-state index < -0.39 is 23.7 Å². The highest BCUT2D eigenvalue weighted by Gasteiger charge is 2.33. The summed E-state index contributed by atoms with van der Waals surface area (Å²) in [5.41, 5.74) is -0.209. The van der Waals surface area contributed by atoms with E-state index in [2.05, 4.69) is 0 Å². The summed E-state index contributed by atoms with van der Waals surface area (Å²) in [6, 6.07) is 3.53. The monoisotopic (exact) mass is 241 g/mol. The molecule has 5 heteroatoms. The Hall–Kier alpha value is -1.49. The molecule has 1 fully saturated rings. The number of hydrogen-bond acceptors (Lipinski definition) is 2. The second-order valence-electron chi connectivity index (χ2n) is 4.25. The summed E-state index contributed by atoms with van der Waals surface area (Å²) in [5, 5.41) is 9.09. The number of halogens is 2. The summed E-state index contributed by atoms with van der Waals surface area (Å²) in [5.74, 6) is -2.66. The highest BCUT2D eigenvalue weighted by atomic mass is 19.1. The van der Waals surface area contributed by atoms with Gasteiger partial charge in [-0.3, -0.25) is 4.79 Å². The van der Waals surface area contributed by atoms with E-state index in [0.717, 1.165) is 12.1 Å². The van der Waals surface area contributed by atoms with Crippen molar-refractivity contribution in [1.29, 1.82) is 0 Å². The van der Waals surface area contributed by atoms with Crippen molar-refractivity contribution in [2.75, 3.05) is 13.1 Å². The quantitative estimate of drug-likeness (QED) is 0.847. The molecule has 1 N–H and O–H groups in total. The first-order valence-corrected chi connectivity index (χ1v) is 5.41. The summed E-state index contributed by atoms with van der Waals surface area (Å²) < 4.78 is 26.9. The lowest BCUT2D eigenvalue weighted by Gasteiger charge is -2.37. The lowest BCUT2D eigenvalue weighted by atomic mass is 9.96. The van der Waals surface area contributed by atoms with Gasteiger partial charge < -0.3 is 10.0 Å². The average Bonchev–Trinajstić information content (AvgIpc) is 2.23.